The highest BCUT2D eigenvalue weighted by molar-refractivity contribution is 7.89. The van der Waals surface area contributed by atoms with Gasteiger partial charge in [-0.15, -0.1) is 0 Å². The van der Waals surface area contributed by atoms with Crippen LogP contribution in [0.25, 0.3) is 6.08 Å². The summed E-state index contributed by atoms with van der Waals surface area (Å²) in [5, 5.41) is 8.70. The first-order valence-electron chi connectivity index (χ1n) is 7.44. The molecule has 1 saturated heterocycles. The summed E-state index contributed by atoms with van der Waals surface area (Å²) in [4.78, 5) is 10.7. The topological polar surface area (TPSA) is 83.9 Å². The Morgan fingerprint density at radius 3 is 2.78 bits per heavy atom. The van der Waals surface area contributed by atoms with Crippen LogP contribution in [-0.2, 0) is 14.8 Å². The summed E-state index contributed by atoms with van der Waals surface area (Å²) < 4.78 is 32.5. The molecule has 0 spiro atoms. The van der Waals surface area contributed by atoms with Crippen molar-refractivity contribution in [2.24, 2.45) is 5.92 Å². The zero-order chi connectivity index (χ0) is 17.0. The smallest absolute Gasteiger partial charge is 0.328 e. The summed E-state index contributed by atoms with van der Waals surface area (Å²) in [7, 11) is -2.26. The molecule has 1 heterocycles. The van der Waals surface area contributed by atoms with Gasteiger partial charge in [-0.1, -0.05) is 13.0 Å². The van der Waals surface area contributed by atoms with E-state index in [9.17, 15) is 13.2 Å². The average Bonchev–Trinajstić information content (AvgIpc) is 2.52. The lowest BCUT2D eigenvalue weighted by molar-refractivity contribution is -0.131. The SMILES string of the molecule is COc1ccc(/C=C/C(=O)O)cc1S(=O)(=O)N1CCCC(C)C1. The van der Waals surface area contributed by atoms with Crippen molar-refractivity contribution < 1.29 is 23.1 Å². The number of rotatable bonds is 5. The molecule has 1 fully saturated rings. The van der Waals surface area contributed by atoms with Crippen molar-refractivity contribution in [2.45, 2.75) is 24.7 Å². The number of aliphatic carboxylic acids is 1. The molecule has 2 rings (SSSR count). The molecule has 1 N–H and O–H groups in total. The van der Waals surface area contributed by atoms with Gasteiger partial charge in [0.05, 0.1) is 7.11 Å². The quantitative estimate of drug-likeness (QED) is 0.832. The Balaban J connectivity index is 2.42. The first-order chi connectivity index (χ1) is 10.8. The lowest BCUT2D eigenvalue weighted by Gasteiger charge is -2.30. The first-order valence-corrected chi connectivity index (χ1v) is 8.88. The molecular formula is C16H21NO5S. The number of methoxy groups -OCH3 is 1. The number of hydrogen-bond acceptors (Lipinski definition) is 4. The van der Waals surface area contributed by atoms with Crippen LogP contribution in [0, 0.1) is 5.92 Å². The van der Waals surface area contributed by atoms with Crippen molar-refractivity contribution in [3.05, 3.63) is 29.8 Å². The molecule has 0 aliphatic carbocycles. The number of carboxylic acid groups (broad SMARTS) is 1. The standard InChI is InChI=1S/C16H21NO5S/c1-12-4-3-9-17(11-12)23(20,21)15-10-13(6-8-16(18)19)5-7-14(15)22-2/h5-8,10,12H,3-4,9,11H2,1-2H3,(H,18,19)/b8-6+. The van der Waals surface area contributed by atoms with Gasteiger partial charge >= 0.3 is 5.97 Å². The second-order valence-electron chi connectivity index (χ2n) is 5.69. The molecule has 0 aromatic heterocycles. The molecule has 1 aliphatic rings. The van der Waals surface area contributed by atoms with Crippen molar-refractivity contribution >= 4 is 22.1 Å². The summed E-state index contributed by atoms with van der Waals surface area (Å²) in [6, 6.07) is 4.62. The minimum atomic E-state index is -3.67. The second kappa shape index (κ2) is 7.14. The van der Waals surface area contributed by atoms with Gasteiger partial charge in [0, 0.05) is 19.2 Å². The molecule has 1 aliphatic heterocycles. The fraction of sp³-hybridized carbons (Fsp3) is 0.438. The molecule has 0 saturated carbocycles. The van der Waals surface area contributed by atoms with Gasteiger partial charge < -0.3 is 9.84 Å². The average molecular weight is 339 g/mol. The number of ether oxygens (including phenoxy) is 1. The van der Waals surface area contributed by atoms with Crippen molar-refractivity contribution in [1.82, 2.24) is 4.31 Å². The van der Waals surface area contributed by atoms with Crippen LogP contribution in [0.1, 0.15) is 25.3 Å². The number of carboxylic acids is 1. The Morgan fingerprint density at radius 2 is 2.17 bits per heavy atom. The van der Waals surface area contributed by atoms with E-state index in [0.717, 1.165) is 18.9 Å². The van der Waals surface area contributed by atoms with Crippen molar-refractivity contribution in [3.63, 3.8) is 0 Å². The molecule has 1 aromatic carbocycles. The molecule has 7 heteroatoms. The number of carbonyl (C=O) groups is 1. The highest BCUT2D eigenvalue weighted by Gasteiger charge is 2.31. The van der Waals surface area contributed by atoms with Crippen LogP contribution < -0.4 is 4.74 Å². The van der Waals surface area contributed by atoms with Gasteiger partial charge in [0.25, 0.3) is 0 Å². The summed E-state index contributed by atoms with van der Waals surface area (Å²) in [6.07, 6.45) is 4.19. The Hall–Kier alpha value is -1.86. The van der Waals surface area contributed by atoms with Crippen molar-refractivity contribution in [1.29, 1.82) is 0 Å². The molecule has 6 nitrogen and oxygen atoms in total. The van der Waals surface area contributed by atoms with Crippen molar-refractivity contribution in [2.75, 3.05) is 20.2 Å². The minimum Gasteiger partial charge on any atom is -0.495 e. The highest BCUT2D eigenvalue weighted by atomic mass is 32.2. The molecule has 126 valence electrons. The molecular weight excluding hydrogens is 318 g/mol. The van der Waals surface area contributed by atoms with E-state index < -0.39 is 16.0 Å². The van der Waals surface area contributed by atoms with Crippen molar-refractivity contribution in [3.8, 4) is 5.75 Å². The Labute approximate surface area is 136 Å². The van der Waals surface area contributed by atoms with E-state index in [1.54, 1.807) is 12.1 Å². The minimum absolute atomic E-state index is 0.0710. The first kappa shape index (κ1) is 17.5. The van der Waals surface area contributed by atoms with E-state index in [1.807, 2.05) is 6.92 Å². The summed E-state index contributed by atoms with van der Waals surface area (Å²) in [5.74, 6) is -0.509. The maximum atomic E-state index is 12.9. The maximum absolute atomic E-state index is 12.9. The number of nitrogens with zero attached hydrogens (tertiary/aromatic N) is 1. The normalized spacial score (nSPS) is 19.8. The van der Waals surface area contributed by atoms with Crippen LogP contribution in [0.15, 0.2) is 29.2 Å². The largest absolute Gasteiger partial charge is 0.495 e. The van der Waals surface area contributed by atoms with Gasteiger partial charge in [0.2, 0.25) is 10.0 Å². The maximum Gasteiger partial charge on any atom is 0.328 e. The molecule has 1 atom stereocenters. The van der Waals surface area contributed by atoms with E-state index in [1.165, 1.54) is 23.6 Å². The van der Waals surface area contributed by atoms with E-state index >= 15 is 0 Å². The summed E-state index contributed by atoms with van der Waals surface area (Å²) in [5.41, 5.74) is 0.497. The third kappa shape index (κ3) is 4.11. The Morgan fingerprint density at radius 1 is 1.43 bits per heavy atom. The fourth-order valence-electron chi connectivity index (χ4n) is 2.67. The molecule has 0 bridgehead atoms. The lowest BCUT2D eigenvalue weighted by Crippen LogP contribution is -2.39. The van der Waals surface area contributed by atoms with Gasteiger partial charge in [-0.2, -0.15) is 4.31 Å². The lowest BCUT2D eigenvalue weighted by atomic mass is 10.0. The van der Waals surface area contributed by atoms with Crippen LogP contribution >= 0.6 is 0 Å². The molecule has 23 heavy (non-hydrogen) atoms. The molecule has 0 radical (unpaired) electrons. The summed E-state index contributed by atoms with van der Waals surface area (Å²) >= 11 is 0. The van der Waals surface area contributed by atoms with Gasteiger partial charge in [0.1, 0.15) is 10.6 Å². The third-order valence-electron chi connectivity index (χ3n) is 3.84. The van der Waals surface area contributed by atoms with Crippen LogP contribution in [-0.4, -0.2) is 44.0 Å². The molecule has 1 unspecified atom stereocenters. The van der Waals surface area contributed by atoms with Crippen LogP contribution in [0.2, 0.25) is 0 Å². The van der Waals surface area contributed by atoms with E-state index in [4.69, 9.17) is 9.84 Å². The number of benzene rings is 1. The monoisotopic (exact) mass is 339 g/mol. The Bertz CT molecular complexity index is 711. The van der Waals surface area contributed by atoms with Crippen LogP contribution in [0.4, 0.5) is 0 Å². The zero-order valence-electron chi connectivity index (χ0n) is 13.2. The predicted octanol–water partition coefficient (Wildman–Crippen LogP) is 2.21. The molecule has 0 amide bonds. The summed E-state index contributed by atoms with van der Waals surface area (Å²) in [6.45, 7) is 3.01. The highest BCUT2D eigenvalue weighted by Crippen LogP contribution is 2.30. The van der Waals surface area contributed by atoms with Crippen LogP contribution in [0.5, 0.6) is 5.75 Å². The third-order valence-corrected chi connectivity index (χ3v) is 5.73. The zero-order valence-corrected chi connectivity index (χ0v) is 14.0. The predicted molar refractivity (Wildman–Crippen MR) is 86.8 cm³/mol. The van der Waals surface area contributed by atoms with E-state index in [0.29, 0.717) is 24.6 Å². The van der Waals surface area contributed by atoms with Gasteiger partial charge in [-0.25, -0.2) is 13.2 Å². The number of hydrogen-bond donors (Lipinski definition) is 1. The fourth-order valence-corrected chi connectivity index (χ4v) is 4.46. The van der Waals surface area contributed by atoms with E-state index in [2.05, 4.69) is 0 Å². The Kier molecular flexibility index (Phi) is 5.43. The number of sulfonamides is 1. The molecule has 1 aromatic rings. The second-order valence-corrected chi connectivity index (χ2v) is 7.60. The van der Waals surface area contributed by atoms with Crippen LogP contribution in [0.3, 0.4) is 0 Å². The van der Waals surface area contributed by atoms with Gasteiger partial charge in [-0.3, -0.25) is 0 Å². The van der Waals surface area contributed by atoms with Gasteiger partial charge in [0.15, 0.2) is 0 Å². The number of piperidine rings is 1. The van der Waals surface area contributed by atoms with Gasteiger partial charge in [-0.05, 0) is 42.5 Å². The van der Waals surface area contributed by atoms with E-state index in [-0.39, 0.29) is 10.6 Å².